The van der Waals surface area contributed by atoms with Gasteiger partial charge in [-0.1, -0.05) is 24.3 Å². The Morgan fingerprint density at radius 3 is 2.77 bits per heavy atom. The number of aryl methyl sites for hydroxylation is 1. The zero-order valence-corrected chi connectivity index (χ0v) is 16.9. The number of carbonyl (C=O) groups is 1. The van der Waals surface area contributed by atoms with Crippen LogP contribution < -0.4 is 10.1 Å². The first kappa shape index (κ1) is 20.9. The predicted octanol–water partition coefficient (Wildman–Crippen LogP) is 4.74. The van der Waals surface area contributed by atoms with Crippen molar-refractivity contribution in [3.63, 3.8) is 0 Å². The SMILES string of the molecule is Cc1cccnc1-c1ccc2c(c1)CC(CNC(=O)Cc1cccc(C(F)(F)F)c1)O2. The van der Waals surface area contributed by atoms with Gasteiger partial charge in [-0.05, 0) is 53.9 Å². The molecule has 0 aliphatic carbocycles. The van der Waals surface area contributed by atoms with Crippen LogP contribution in [-0.2, 0) is 23.8 Å². The molecule has 3 aromatic rings. The molecule has 1 aromatic heterocycles. The lowest BCUT2D eigenvalue weighted by molar-refractivity contribution is -0.137. The number of pyridine rings is 1. The van der Waals surface area contributed by atoms with Crippen molar-refractivity contribution in [2.45, 2.75) is 32.0 Å². The maximum Gasteiger partial charge on any atom is 0.416 e. The van der Waals surface area contributed by atoms with E-state index in [2.05, 4.69) is 16.4 Å². The highest BCUT2D eigenvalue weighted by molar-refractivity contribution is 5.78. The number of alkyl halides is 3. The molecular weight excluding hydrogens is 405 g/mol. The van der Waals surface area contributed by atoms with E-state index in [1.807, 2.05) is 31.2 Å². The van der Waals surface area contributed by atoms with Crippen molar-refractivity contribution in [2.75, 3.05) is 6.54 Å². The van der Waals surface area contributed by atoms with Crippen LogP contribution in [0, 0.1) is 6.92 Å². The van der Waals surface area contributed by atoms with Crippen molar-refractivity contribution >= 4 is 5.91 Å². The van der Waals surface area contributed by atoms with Crippen LogP contribution >= 0.6 is 0 Å². The van der Waals surface area contributed by atoms with Gasteiger partial charge in [0.2, 0.25) is 5.91 Å². The van der Waals surface area contributed by atoms with Crippen molar-refractivity contribution in [1.29, 1.82) is 0 Å². The standard InChI is InChI=1S/C24H21F3N2O2/c1-15-4-3-9-28-23(15)17-7-8-21-18(12-17)13-20(31-21)14-29-22(30)11-16-5-2-6-19(10-16)24(25,26)27/h2-10,12,20H,11,13-14H2,1H3,(H,29,30). The van der Waals surface area contributed by atoms with Gasteiger partial charge >= 0.3 is 6.18 Å². The molecule has 1 unspecified atom stereocenters. The second-order valence-corrected chi connectivity index (χ2v) is 7.61. The predicted molar refractivity (Wildman–Crippen MR) is 111 cm³/mol. The summed E-state index contributed by atoms with van der Waals surface area (Å²) in [6.45, 7) is 2.29. The lowest BCUT2D eigenvalue weighted by atomic mass is 10.0. The van der Waals surface area contributed by atoms with Gasteiger partial charge in [0.1, 0.15) is 11.9 Å². The number of hydrogen-bond donors (Lipinski definition) is 1. The van der Waals surface area contributed by atoms with Crippen LogP contribution in [0.15, 0.2) is 60.8 Å². The number of halogens is 3. The topological polar surface area (TPSA) is 51.2 Å². The van der Waals surface area contributed by atoms with Crippen LogP contribution in [0.4, 0.5) is 13.2 Å². The number of rotatable bonds is 5. The number of nitrogens with one attached hydrogen (secondary N) is 1. The van der Waals surface area contributed by atoms with E-state index in [-0.39, 0.29) is 25.0 Å². The minimum atomic E-state index is -4.43. The quantitative estimate of drug-likeness (QED) is 0.641. The number of hydrogen-bond acceptors (Lipinski definition) is 3. The largest absolute Gasteiger partial charge is 0.488 e. The summed E-state index contributed by atoms with van der Waals surface area (Å²) in [7, 11) is 0. The van der Waals surface area contributed by atoms with E-state index in [0.717, 1.165) is 40.3 Å². The molecule has 0 radical (unpaired) electrons. The van der Waals surface area contributed by atoms with Gasteiger partial charge in [0.25, 0.3) is 0 Å². The van der Waals surface area contributed by atoms with E-state index in [1.165, 1.54) is 12.1 Å². The van der Waals surface area contributed by atoms with E-state index in [9.17, 15) is 18.0 Å². The van der Waals surface area contributed by atoms with Crippen LogP contribution in [0.25, 0.3) is 11.3 Å². The molecule has 4 nitrogen and oxygen atoms in total. The molecule has 0 fully saturated rings. The third kappa shape index (κ3) is 4.87. The van der Waals surface area contributed by atoms with Crippen molar-refractivity contribution < 1.29 is 22.7 Å². The van der Waals surface area contributed by atoms with Gasteiger partial charge in [-0.15, -0.1) is 0 Å². The van der Waals surface area contributed by atoms with Gasteiger partial charge in [0.15, 0.2) is 0 Å². The fraction of sp³-hybridized carbons (Fsp3) is 0.250. The van der Waals surface area contributed by atoms with Gasteiger partial charge in [-0.3, -0.25) is 9.78 Å². The van der Waals surface area contributed by atoms with E-state index in [4.69, 9.17) is 4.74 Å². The number of ether oxygens (including phenoxy) is 1. The van der Waals surface area contributed by atoms with Gasteiger partial charge in [-0.2, -0.15) is 13.2 Å². The van der Waals surface area contributed by atoms with Crippen molar-refractivity contribution in [1.82, 2.24) is 10.3 Å². The Bertz CT molecular complexity index is 1110. The Hall–Kier alpha value is -3.35. The number of amides is 1. The van der Waals surface area contributed by atoms with Gasteiger partial charge in [0, 0.05) is 18.2 Å². The molecule has 1 N–H and O–H groups in total. The molecule has 1 atom stereocenters. The lowest BCUT2D eigenvalue weighted by Gasteiger charge is -2.12. The number of aromatic nitrogens is 1. The summed E-state index contributed by atoms with van der Waals surface area (Å²) >= 11 is 0. The number of carbonyl (C=O) groups excluding carboxylic acids is 1. The Balaban J connectivity index is 1.35. The molecule has 0 saturated carbocycles. The molecule has 0 spiro atoms. The fourth-order valence-corrected chi connectivity index (χ4v) is 3.70. The zero-order valence-electron chi connectivity index (χ0n) is 16.9. The highest BCUT2D eigenvalue weighted by Crippen LogP contribution is 2.33. The first-order valence-corrected chi connectivity index (χ1v) is 9.94. The third-order valence-electron chi connectivity index (χ3n) is 5.23. The first-order valence-electron chi connectivity index (χ1n) is 9.94. The number of benzene rings is 2. The molecule has 1 amide bonds. The average Bonchev–Trinajstić information content (AvgIpc) is 3.14. The minimum absolute atomic E-state index is 0.118. The summed E-state index contributed by atoms with van der Waals surface area (Å²) in [5.41, 5.74) is 3.61. The molecule has 31 heavy (non-hydrogen) atoms. The van der Waals surface area contributed by atoms with Gasteiger partial charge in [-0.25, -0.2) is 0 Å². The fourth-order valence-electron chi connectivity index (χ4n) is 3.70. The Morgan fingerprint density at radius 2 is 2.00 bits per heavy atom. The highest BCUT2D eigenvalue weighted by atomic mass is 19.4. The Morgan fingerprint density at radius 1 is 1.16 bits per heavy atom. The summed E-state index contributed by atoms with van der Waals surface area (Å²) in [5.74, 6) is 0.429. The molecule has 1 aliphatic rings. The third-order valence-corrected chi connectivity index (χ3v) is 5.23. The highest BCUT2D eigenvalue weighted by Gasteiger charge is 2.30. The van der Waals surface area contributed by atoms with Crippen LogP contribution in [-0.4, -0.2) is 23.5 Å². The van der Waals surface area contributed by atoms with E-state index >= 15 is 0 Å². The van der Waals surface area contributed by atoms with Gasteiger partial charge < -0.3 is 10.1 Å². The zero-order chi connectivity index (χ0) is 22.0. The second kappa shape index (κ2) is 8.41. The smallest absolute Gasteiger partial charge is 0.416 e. The molecule has 2 heterocycles. The Kier molecular flexibility index (Phi) is 5.67. The summed E-state index contributed by atoms with van der Waals surface area (Å²) in [6, 6.07) is 14.6. The van der Waals surface area contributed by atoms with Crippen LogP contribution in [0.2, 0.25) is 0 Å². The van der Waals surface area contributed by atoms with Crippen LogP contribution in [0.1, 0.15) is 22.3 Å². The summed E-state index contributed by atoms with van der Waals surface area (Å²) < 4.78 is 44.4. The second-order valence-electron chi connectivity index (χ2n) is 7.61. The minimum Gasteiger partial charge on any atom is -0.488 e. The molecule has 7 heteroatoms. The van der Waals surface area contributed by atoms with E-state index in [0.29, 0.717) is 12.0 Å². The lowest BCUT2D eigenvalue weighted by Crippen LogP contribution is -2.35. The van der Waals surface area contributed by atoms with Gasteiger partial charge in [0.05, 0.1) is 24.2 Å². The maximum atomic E-state index is 12.8. The molecular formula is C24H21F3N2O2. The van der Waals surface area contributed by atoms with E-state index < -0.39 is 11.7 Å². The molecule has 2 aromatic carbocycles. The average molecular weight is 426 g/mol. The molecule has 0 saturated heterocycles. The normalized spacial score (nSPS) is 15.3. The molecule has 0 bridgehead atoms. The van der Waals surface area contributed by atoms with Crippen LogP contribution in [0.5, 0.6) is 5.75 Å². The van der Waals surface area contributed by atoms with Crippen molar-refractivity contribution in [3.05, 3.63) is 83.0 Å². The first-order chi connectivity index (χ1) is 14.8. The molecule has 1 aliphatic heterocycles. The number of nitrogens with zero attached hydrogens (tertiary/aromatic N) is 1. The summed E-state index contributed by atoms with van der Waals surface area (Å²) in [6.07, 6.45) is -2.37. The Labute approximate surface area is 178 Å². The maximum absolute atomic E-state index is 12.8. The summed E-state index contributed by atoms with van der Waals surface area (Å²) in [5, 5.41) is 2.76. The van der Waals surface area contributed by atoms with E-state index in [1.54, 1.807) is 6.20 Å². The van der Waals surface area contributed by atoms with Crippen LogP contribution in [0.3, 0.4) is 0 Å². The molecule has 160 valence electrons. The summed E-state index contributed by atoms with van der Waals surface area (Å²) in [4.78, 5) is 16.7. The number of fused-ring (bicyclic) bond motifs is 1. The molecule has 4 rings (SSSR count). The van der Waals surface area contributed by atoms with Crippen molar-refractivity contribution in [2.24, 2.45) is 0 Å². The monoisotopic (exact) mass is 426 g/mol. The van der Waals surface area contributed by atoms with Crippen molar-refractivity contribution in [3.8, 4) is 17.0 Å².